The fourth-order valence-electron chi connectivity index (χ4n) is 7.17. The van der Waals surface area contributed by atoms with E-state index in [9.17, 15) is 0 Å². The molecule has 0 amide bonds. The first-order chi connectivity index (χ1) is 24.7. The van der Waals surface area contributed by atoms with E-state index in [2.05, 4.69) is 126 Å². The highest BCUT2D eigenvalue weighted by Gasteiger charge is 2.14. The van der Waals surface area contributed by atoms with Gasteiger partial charge in [0.2, 0.25) is 0 Å². The van der Waals surface area contributed by atoms with Crippen LogP contribution >= 0.6 is 0 Å². The third-order valence-corrected chi connectivity index (χ3v) is 9.71. The zero-order chi connectivity index (χ0) is 33.0. The summed E-state index contributed by atoms with van der Waals surface area (Å²) in [5.41, 5.74) is 9.02. The van der Waals surface area contributed by atoms with E-state index < -0.39 is 0 Å². The fraction of sp³-hybridized carbons (Fsp3) is 0. The lowest BCUT2D eigenvalue weighted by Gasteiger charge is -2.14. The van der Waals surface area contributed by atoms with Crippen molar-refractivity contribution in [2.75, 3.05) is 0 Å². The standard InChI is InChI=1S/C46H28N4/c1-2-7-30(8-3-1)41-27-42(31-15-21-35(22-16-31)45-47-28-37-9-4-5-12-40(37)48-45)50-46(49-41)36-19-13-29(14-20-36)38-25-23-34-18-17-32-10-6-11-33-24-26-39(38)44(34)43(32)33/h1-28H. The van der Waals surface area contributed by atoms with Gasteiger partial charge < -0.3 is 0 Å². The molecule has 0 radical (unpaired) electrons. The Balaban J connectivity index is 1.04. The molecule has 0 spiro atoms. The van der Waals surface area contributed by atoms with Gasteiger partial charge in [0, 0.05) is 33.8 Å². The summed E-state index contributed by atoms with van der Waals surface area (Å²) in [5, 5.41) is 8.76. The molecule has 2 aromatic heterocycles. The molecular weight excluding hydrogens is 609 g/mol. The Hall–Kier alpha value is -6.78. The Kier molecular flexibility index (Phi) is 6.46. The second-order valence-corrected chi connectivity index (χ2v) is 12.7. The summed E-state index contributed by atoms with van der Waals surface area (Å²) in [5.74, 6) is 1.39. The number of hydrogen-bond donors (Lipinski definition) is 0. The molecule has 0 bridgehead atoms. The predicted octanol–water partition coefficient (Wildman–Crippen LogP) is 11.7. The third-order valence-electron chi connectivity index (χ3n) is 9.71. The molecule has 0 aliphatic carbocycles. The molecule has 10 aromatic rings. The minimum atomic E-state index is 0.685. The van der Waals surface area contributed by atoms with Crippen LogP contribution in [0.1, 0.15) is 0 Å². The number of nitrogens with zero attached hydrogens (tertiary/aromatic N) is 4. The number of hydrogen-bond acceptors (Lipinski definition) is 4. The van der Waals surface area contributed by atoms with E-state index in [1.807, 2.05) is 48.7 Å². The molecule has 4 heteroatoms. The van der Waals surface area contributed by atoms with Gasteiger partial charge in [-0.3, -0.25) is 0 Å². The highest BCUT2D eigenvalue weighted by atomic mass is 14.9. The zero-order valence-corrected chi connectivity index (χ0v) is 27.0. The molecule has 0 fully saturated rings. The van der Waals surface area contributed by atoms with Crippen molar-refractivity contribution < 1.29 is 0 Å². The molecule has 0 N–H and O–H groups in total. The van der Waals surface area contributed by atoms with Crippen molar-refractivity contribution in [3.05, 3.63) is 170 Å². The van der Waals surface area contributed by atoms with Gasteiger partial charge in [0.1, 0.15) is 0 Å². The van der Waals surface area contributed by atoms with E-state index in [0.29, 0.717) is 11.6 Å². The Morgan fingerprint density at radius 2 is 0.900 bits per heavy atom. The van der Waals surface area contributed by atoms with Crippen LogP contribution in [0.15, 0.2) is 170 Å². The molecule has 8 aromatic carbocycles. The predicted molar refractivity (Wildman–Crippen MR) is 206 cm³/mol. The Labute approximate surface area is 288 Å². The van der Waals surface area contributed by atoms with Gasteiger partial charge in [-0.15, -0.1) is 0 Å². The van der Waals surface area contributed by atoms with Crippen LogP contribution in [0.2, 0.25) is 0 Å². The first-order valence-electron chi connectivity index (χ1n) is 16.8. The van der Waals surface area contributed by atoms with Crippen molar-refractivity contribution in [2.45, 2.75) is 0 Å². The van der Waals surface area contributed by atoms with Gasteiger partial charge in [0.25, 0.3) is 0 Å². The largest absolute Gasteiger partial charge is 0.236 e. The van der Waals surface area contributed by atoms with Gasteiger partial charge in [0.15, 0.2) is 11.6 Å². The molecule has 2 heterocycles. The average Bonchev–Trinajstić information content (AvgIpc) is 3.20. The fourth-order valence-corrected chi connectivity index (χ4v) is 7.17. The number of benzene rings is 8. The molecule has 0 unspecified atom stereocenters. The zero-order valence-electron chi connectivity index (χ0n) is 27.0. The van der Waals surface area contributed by atoms with E-state index in [1.54, 1.807) is 0 Å². The van der Waals surface area contributed by atoms with Crippen LogP contribution in [-0.4, -0.2) is 19.9 Å². The Bertz CT molecular complexity index is 2830. The van der Waals surface area contributed by atoms with Crippen LogP contribution in [0.25, 0.3) is 99.6 Å². The average molecular weight is 637 g/mol. The second-order valence-electron chi connectivity index (χ2n) is 12.7. The molecule has 0 aliphatic heterocycles. The molecule has 0 aliphatic rings. The van der Waals surface area contributed by atoms with Crippen LogP contribution in [0, 0.1) is 0 Å². The first kappa shape index (κ1) is 28.3. The molecule has 10 rings (SSSR count). The van der Waals surface area contributed by atoms with Crippen LogP contribution < -0.4 is 0 Å². The van der Waals surface area contributed by atoms with E-state index >= 15 is 0 Å². The minimum absolute atomic E-state index is 0.685. The van der Waals surface area contributed by atoms with Crippen molar-refractivity contribution in [3.8, 4) is 56.4 Å². The van der Waals surface area contributed by atoms with E-state index in [0.717, 1.165) is 50.1 Å². The van der Waals surface area contributed by atoms with Gasteiger partial charge in [-0.25, -0.2) is 19.9 Å². The maximum atomic E-state index is 5.11. The Morgan fingerprint density at radius 3 is 1.66 bits per heavy atom. The monoisotopic (exact) mass is 636 g/mol. The summed E-state index contributed by atoms with van der Waals surface area (Å²) in [6, 6.07) is 57.4. The highest BCUT2D eigenvalue weighted by molar-refractivity contribution is 6.25. The second kappa shape index (κ2) is 11.4. The van der Waals surface area contributed by atoms with Crippen molar-refractivity contribution in [3.63, 3.8) is 0 Å². The lowest BCUT2D eigenvalue weighted by atomic mass is 9.90. The first-order valence-corrected chi connectivity index (χ1v) is 16.8. The van der Waals surface area contributed by atoms with Crippen molar-refractivity contribution in [1.82, 2.24) is 19.9 Å². The van der Waals surface area contributed by atoms with E-state index in [1.165, 1.54) is 37.9 Å². The van der Waals surface area contributed by atoms with Crippen LogP contribution in [0.5, 0.6) is 0 Å². The molecule has 0 saturated carbocycles. The van der Waals surface area contributed by atoms with Crippen LogP contribution in [0.4, 0.5) is 0 Å². The third kappa shape index (κ3) is 4.77. The molecule has 0 saturated heterocycles. The SMILES string of the molecule is c1ccc(-c2cc(-c3ccc(-c4ncc5ccccc5n4)cc3)nc(-c3ccc(-c4ccc5ccc6cccc7ccc4c5c67)cc3)n2)cc1. The van der Waals surface area contributed by atoms with Gasteiger partial charge in [-0.05, 0) is 55.6 Å². The van der Waals surface area contributed by atoms with Gasteiger partial charge in [-0.1, -0.05) is 152 Å². The summed E-state index contributed by atoms with van der Waals surface area (Å²) < 4.78 is 0. The number of fused-ring (bicyclic) bond motifs is 1. The number of aromatic nitrogens is 4. The van der Waals surface area contributed by atoms with Crippen molar-refractivity contribution in [1.29, 1.82) is 0 Å². The van der Waals surface area contributed by atoms with Crippen molar-refractivity contribution in [2.24, 2.45) is 0 Å². The van der Waals surface area contributed by atoms with E-state index in [-0.39, 0.29) is 0 Å². The number of para-hydroxylation sites is 1. The normalized spacial score (nSPS) is 11.6. The minimum Gasteiger partial charge on any atom is -0.236 e. The summed E-state index contributed by atoms with van der Waals surface area (Å²) in [4.78, 5) is 19.6. The smallest absolute Gasteiger partial charge is 0.160 e. The summed E-state index contributed by atoms with van der Waals surface area (Å²) >= 11 is 0. The Morgan fingerprint density at radius 1 is 0.340 bits per heavy atom. The van der Waals surface area contributed by atoms with E-state index in [4.69, 9.17) is 15.0 Å². The lowest BCUT2D eigenvalue weighted by molar-refractivity contribution is 1.18. The summed E-state index contributed by atoms with van der Waals surface area (Å²) in [6.45, 7) is 0. The van der Waals surface area contributed by atoms with Gasteiger partial charge in [-0.2, -0.15) is 0 Å². The number of rotatable bonds is 5. The molecule has 50 heavy (non-hydrogen) atoms. The maximum Gasteiger partial charge on any atom is 0.160 e. The van der Waals surface area contributed by atoms with Gasteiger partial charge >= 0.3 is 0 Å². The molecule has 4 nitrogen and oxygen atoms in total. The molecule has 0 atom stereocenters. The molecular formula is C46H28N4. The topological polar surface area (TPSA) is 51.6 Å². The quantitative estimate of drug-likeness (QED) is 0.176. The van der Waals surface area contributed by atoms with Crippen molar-refractivity contribution >= 4 is 43.2 Å². The lowest BCUT2D eigenvalue weighted by Crippen LogP contribution is -1.96. The summed E-state index contributed by atoms with van der Waals surface area (Å²) in [6.07, 6.45) is 1.88. The van der Waals surface area contributed by atoms with Crippen LogP contribution in [0.3, 0.4) is 0 Å². The van der Waals surface area contributed by atoms with Gasteiger partial charge in [0.05, 0.1) is 16.9 Å². The maximum absolute atomic E-state index is 5.11. The molecule has 232 valence electrons. The highest BCUT2D eigenvalue weighted by Crippen LogP contribution is 2.39. The summed E-state index contributed by atoms with van der Waals surface area (Å²) in [7, 11) is 0. The van der Waals surface area contributed by atoms with Crippen LogP contribution in [-0.2, 0) is 0 Å².